The lowest BCUT2D eigenvalue weighted by Gasteiger charge is -2.30. The monoisotopic (exact) mass is 585 g/mol. The number of para-hydroxylation sites is 1. The van der Waals surface area contributed by atoms with Crippen molar-refractivity contribution in [3.63, 3.8) is 0 Å². The van der Waals surface area contributed by atoms with Crippen LogP contribution in [0.3, 0.4) is 0 Å². The number of benzene rings is 1. The molecule has 1 rings (SSSR count). The third-order valence-corrected chi connectivity index (χ3v) is 6.13. The molecule has 1 aromatic rings. The number of carbonyl (C=O) groups is 4. The SMILES string of the molecule is C/C=C\N(C(=O)NC=O)C(C)OC(CC)COP(NC(C)C(=O)OC(C)C)Oc1ccccc1.CC(C)C(=O)O. The number of hydrogen-bond donors (Lipinski definition) is 3. The number of nitrogens with zero attached hydrogens (tertiary/aromatic N) is 1. The van der Waals surface area contributed by atoms with Crippen molar-refractivity contribution in [2.24, 2.45) is 5.92 Å². The van der Waals surface area contributed by atoms with E-state index in [0.717, 1.165) is 0 Å². The standard InChI is InChI=1S/C23H36N3O7P.C4H8O2/c1-7-14-26(23(29)24-16-27)19(6)32-20(8-2)15-30-34(33-21-12-10-9-11-13-21)25-18(5)22(28)31-17(3)4;1-3(2)4(5)6/h7,9-14,16-20,25H,8,15H2,1-6H3,(H,24,27,29);3H,1-2H3,(H,5,6)/b14-7-;. The number of carbonyl (C=O) groups excluding carboxylic acids is 3. The molecule has 4 atom stereocenters. The second kappa shape index (κ2) is 20.8. The quantitative estimate of drug-likeness (QED) is 0.107. The van der Waals surface area contributed by atoms with Crippen molar-refractivity contribution in [2.45, 2.75) is 86.3 Å². The Kier molecular flexibility index (Phi) is 19.2. The van der Waals surface area contributed by atoms with E-state index < -0.39 is 44.9 Å². The van der Waals surface area contributed by atoms with E-state index in [1.807, 2.05) is 25.1 Å². The summed E-state index contributed by atoms with van der Waals surface area (Å²) in [5.41, 5.74) is 0. The molecule has 0 fully saturated rings. The van der Waals surface area contributed by atoms with Crippen LogP contribution in [-0.2, 0) is 28.4 Å². The Morgan fingerprint density at radius 3 is 2.15 bits per heavy atom. The van der Waals surface area contributed by atoms with Crippen molar-refractivity contribution in [2.75, 3.05) is 6.61 Å². The molecule has 0 saturated carbocycles. The molecular formula is C27H44N3O9P. The molecule has 0 aliphatic heterocycles. The lowest BCUT2D eigenvalue weighted by molar-refractivity contribution is -0.149. The van der Waals surface area contributed by atoms with E-state index >= 15 is 0 Å². The number of urea groups is 1. The molecule has 12 nitrogen and oxygen atoms in total. The smallest absolute Gasteiger partial charge is 0.329 e. The van der Waals surface area contributed by atoms with Gasteiger partial charge in [-0.05, 0) is 53.2 Å². The van der Waals surface area contributed by atoms with Crippen molar-refractivity contribution < 1.29 is 42.8 Å². The second-order valence-corrected chi connectivity index (χ2v) is 10.2. The van der Waals surface area contributed by atoms with Crippen LogP contribution >= 0.6 is 8.53 Å². The van der Waals surface area contributed by atoms with Crippen LogP contribution in [0.5, 0.6) is 5.75 Å². The number of allylic oxidation sites excluding steroid dienone is 1. The molecular weight excluding hydrogens is 541 g/mol. The zero-order valence-electron chi connectivity index (χ0n) is 24.5. The fraction of sp³-hybridized carbons (Fsp3) is 0.556. The first kappa shape index (κ1) is 37.0. The van der Waals surface area contributed by atoms with Crippen molar-refractivity contribution in [1.29, 1.82) is 0 Å². The second-order valence-electron chi connectivity index (χ2n) is 9.01. The number of hydrogen-bond acceptors (Lipinski definition) is 9. The van der Waals surface area contributed by atoms with Crippen LogP contribution in [0.1, 0.15) is 61.8 Å². The molecule has 0 aliphatic carbocycles. The highest BCUT2D eigenvalue weighted by molar-refractivity contribution is 7.45. The Balaban J connectivity index is 0.00000227. The first-order valence-corrected chi connectivity index (χ1v) is 14.2. The summed E-state index contributed by atoms with van der Waals surface area (Å²) in [5.74, 6) is -0.805. The van der Waals surface area contributed by atoms with Gasteiger partial charge < -0.3 is 23.6 Å². The number of esters is 1. The number of carboxylic acid groups (broad SMARTS) is 1. The lowest BCUT2D eigenvalue weighted by atomic mass is 10.2. The van der Waals surface area contributed by atoms with Crippen LogP contribution in [0.25, 0.3) is 0 Å². The number of rotatable bonds is 16. The first-order valence-electron chi connectivity index (χ1n) is 13.0. The Hall–Kier alpha value is -3.05. The van der Waals surface area contributed by atoms with Gasteiger partial charge in [0.15, 0.2) is 0 Å². The average molecular weight is 586 g/mol. The van der Waals surface area contributed by atoms with E-state index in [4.69, 9.17) is 23.6 Å². The highest BCUT2D eigenvalue weighted by Gasteiger charge is 2.26. The number of nitrogens with one attached hydrogen (secondary N) is 2. The van der Waals surface area contributed by atoms with E-state index in [9.17, 15) is 19.2 Å². The normalized spacial score (nSPS) is 13.9. The molecule has 0 aliphatic rings. The predicted molar refractivity (Wildman–Crippen MR) is 152 cm³/mol. The molecule has 0 aromatic heterocycles. The predicted octanol–water partition coefficient (Wildman–Crippen LogP) is 4.81. The highest BCUT2D eigenvalue weighted by atomic mass is 31.2. The summed E-state index contributed by atoms with van der Waals surface area (Å²) in [6.45, 7) is 14.0. The Bertz CT molecular complexity index is 916. The van der Waals surface area contributed by atoms with Crippen molar-refractivity contribution in [3.05, 3.63) is 42.6 Å². The van der Waals surface area contributed by atoms with Crippen molar-refractivity contribution in [3.8, 4) is 5.75 Å². The van der Waals surface area contributed by atoms with Crippen LogP contribution in [0.15, 0.2) is 42.6 Å². The number of ether oxygens (including phenoxy) is 2. The van der Waals surface area contributed by atoms with E-state index in [1.165, 1.54) is 11.1 Å². The Labute approximate surface area is 238 Å². The minimum Gasteiger partial charge on any atom is -0.481 e. The zero-order valence-corrected chi connectivity index (χ0v) is 25.4. The van der Waals surface area contributed by atoms with E-state index in [-0.39, 0.29) is 18.6 Å². The van der Waals surface area contributed by atoms with Crippen molar-refractivity contribution >= 4 is 32.9 Å². The highest BCUT2D eigenvalue weighted by Crippen LogP contribution is 2.36. The molecule has 226 valence electrons. The summed E-state index contributed by atoms with van der Waals surface area (Å²) < 4.78 is 23.2. The summed E-state index contributed by atoms with van der Waals surface area (Å²) in [6, 6.07) is 7.84. The van der Waals surface area contributed by atoms with Gasteiger partial charge in [0.1, 0.15) is 18.0 Å². The van der Waals surface area contributed by atoms with Crippen LogP contribution in [0.2, 0.25) is 0 Å². The van der Waals surface area contributed by atoms with Gasteiger partial charge in [0.05, 0.1) is 24.7 Å². The van der Waals surface area contributed by atoms with Crippen LogP contribution in [0.4, 0.5) is 4.79 Å². The van der Waals surface area contributed by atoms with Crippen LogP contribution < -0.4 is 14.9 Å². The van der Waals surface area contributed by atoms with Gasteiger partial charge in [-0.2, -0.15) is 0 Å². The maximum Gasteiger partial charge on any atom is 0.329 e. The van der Waals surface area contributed by atoms with Gasteiger partial charge in [-0.3, -0.25) is 24.6 Å². The lowest BCUT2D eigenvalue weighted by Crippen LogP contribution is -2.44. The Morgan fingerprint density at radius 2 is 1.68 bits per heavy atom. The third-order valence-electron chi connectivity index (χ3n) is 4.77. The Morgan fingerprint density at radius 1 is 1.07 bits per heavy atom. The molecule has 40 heavy (non-hydrogen) atoms. The van der Waals surface area contributed by atoms with E-state index in [0.29, 0.717) is 18.6 Å². The third kappa shape index (κ3) is 16.1. The summed E-state index contributed by atoms with van der Waals surface area (Å²) in [7, 11) is -1.72. The van der Waals surface area contributed by atoms with Gasteiger partial charge in [0, 0.05) is 6.20 Å². The topological polar surface area (TPSA) is 153 Å². The molecule has 0 radical (unpaired) electrons. The fourth-order valence-electron chi connectivity index (χ4n) is 2.60. The van der Waals surface area contributed by atoms with Gasteiger partial charge in [-0.15, -0.1) is 0 Å². The van der Waals surface area contributed by atoms with Gasteiger partial charge >= 0.3 is 26.5 Å². The molecule has 13 heteroatoms. The van der Waals surface area contributed by atoms with Gasteiger partial charge in [0.2, 0.25) is 6.41 Å². The maximum atomic E-state index is 12.3. The first-order chi connectivity index (χ1) is 18.9. The minimum absolute atomic E-state index is 0.136. The maximum absolute atomic E-state index is 12.3. The van der Waals surface area contributed by atoms with E-state index in [2.05, 4.69) is 10.4 Å². The summed E-state index contributed by atoms with van der Waals surface area (Å²) in [4.78, 5) is 46.0. The zero-order chi connectivity index (χ0) is 30.7. The largest absolute Gasteiger partial charge is 0.481 e. The van der Waals surface area contributed by atoms with Gasteiger partial charge in [0.25, 0.3) is 0 Å². The molecule has 0 spiro atoms. The number of amides is 3. The molecule has 4 unspecified atom stereocenters. The molecule has 0 bridgehead atoms. The van der Waals surface area contributed by atoms with Gasteiger partial charge in [-0.1, -0.05) is 45.0 Å². The van der Waals surface area contributed by atoms with Crippen molar-refractivity contribution in [1.82, 2.24) is 15.3 Å². The molecule has 0 saturated heterocycles. The number of aliphatic carboxylic acids is 1. The molecule has 1 aromatic carbocycles. The fourth-order valence-corrected chi connectivity index (χ4v) is 3.82. The minimum atomic E-state index is -1.72. The van der Waals surface area contributed by atoms with Crippen LogP contribution in [0, 0.1) is 5.92 Å². The number of carboxylic acids is 1. The van der Waals surface area contributed by atoms with Gasteiger partial charge in [-0.25, -0.2) is 9.88 Å². The number of imide groups is 1. The van der Waals surface area contributed by atoms with Crippen LogP contribution in [-0.4, -0.2) is 65.5 Å². The molecule has 0 heterocycles. The average Bonchev–Trinajstić information content (AvgIpc) is 2.89. The summed E-state index contributed by atoms with van der Waals surface area (Å²) >= 11 is 0. The summed E-state index contributed by atoms with van der Waals surface area (Å²) in [5, 5.41) is 13.1. The van der Waals surface area contributed by atoms with E-state index in [1.54, 1.807) is 66.7 Å². The molecule has 3 N–H and O–H groups in total. The molecule has 3 amide bonds. The summed E-state index contributed by atoms with van der Waals surface area (Å²) in [6.07, 6.45) is 2.78.